The Labute approximate surface area is 208 Å². The van der Waals surface area contributed by atoms with Crippen molar-refractivity contribution < 1.29 is 9.53 Å². The quantitative estimate of drug-likeness (QED) is 0.256. The third kappa shape index (κ3) is 3.97. The molecule has 35 heavy (non-hydrogen) atoms. The number of benzene rings is 3. The third-order valence-electron chi connectivity index (χ3n) is 7.19. The van der Waals surface area contributed by atoms with Crippen molar-refractivity contribution in [2.24, 2.45) is 5.84 Å². The molecule has 3 aromatic rings. The van der Waals surface area contributed by atoms with Gasteiger partial charge < -0.3 is 14.5 Å². The van der Waals surface area contributed by atoms with Gasteiger partial charge in [-0.05, 0) is 45.4 Å². The molecule has 1 aliphatic rings. The lowest BCUT2D eigenvalue weighted by Crippen LogP contribution is -2.51. The maximum Gasteiger partial charge on any atom is 0.150 e. The largest absolute Gasteiger partial charge is 0.456 e. The van der Waals surface area contributed by atoms with E-state index in [4.69, 9.17) is 10.6 Å². The number of hydrogen-bond donors (Lipinski definition) is 1. The van der Waals surface area contributed by atoms with Gasteiger partial charge in [-0.2, -0.15) is 0 Å². The highest BCUT2D eigenvalue weighted by molar-refractivity contribution is 5.81. The Morgan fingerprint density at radius 3 is 1.69 bits per heavy atom. The smallest absolute Gasteiger partial charge is 0.150 e. The molecule has 3 aromatic carbocycles. The first kappa shape index (κ1) is 24.8. The molecule has 0 aliphatic carbocycles. The zero-order valence-electron chi connectivity index (χ0n) is 21.4. The van der Waals surface area contributed by atoms with E-state index in [-0.39, 0.29) is 0 Å². The molecule has 0 atom stereocenters. The molecule has 0 saturated carbocycles. The SMILES string of the molecule is CCN(CC)c1ccc2c(c1)Oc1cc(N(CC)CC)ccc1C2(c1ccccc1C=O)N(C)N. The minimum absolute atomic E-state index is 0.601. The number of hydrogen-bond acceptors (Lipinski definition) is 6. The average Bonchev–Trinajstić information content (AvgIpc) is 2.88. The lowest BCUT2D eigenvalue weighted by Gasteiger charge is -2.45. The number of ether oxygens (including phenoxy) is 1. The van der Waals surface area contributed by atoms with Crippen LogP contribution in [0.5, 0.6) is 11.5 Å². The number of fused-ring (bicyclic) bond motifs is 2. The summed E-state index contributed by atoms with van der Waals surface area (Å²) in [5.41, 5.74) is 4.54. The highest BCUT2D eigenvalue weighted by atomic mass is 16.5. The highest BCUT2D eigenvalue weighted by Gasteiger charge is 2.47. The van der Waals surface area contributed by atoms with Gasteiger partial charge in [0, 0.05) is 73.4 Å². The van der Waals surface area contributed by atoms with Crippen molar-refractivity contribution in [1.29, 1.82) is 0 Å². The summed E-state index contributed by atoms with van der Waals surface area (Å²) < 4.78 is 6.61. The molecule has 0 radical (unpaired) electrons. The van der Waals surface area contributed by atoms with E-state index in [1.54, 1.807) is 5.01 Å². The molecule has 184 valence electrons. The summed E-state index contributed by atoms with van der Waals surface area (Å²) in [5, 5.41) is 1.71. The molecule has 0 spiro atoms. The van der Waals surface area contributed by atoms with E-state index in [1.807, 2.05) is 31.3 Å². The van der Waals surface area contributed by atoms with Crippen molar-refractivity contribution in [2.75, 3.05) is 43.0 Å². The van der Waals surface area contributed by atoms with Crippen molar-refractivity contribution in [3.05, 3.63) is 82.9 Å². The van der Waals surface area contributed by atoms with E-state index < -0.39 is 5.54 Å². The van der Waals surface area contributed by atoms with Crippen LogP contribution in [0.25, 0.3) is 0 Å². The Bertz CT molecular complexity index is 1140. The van der Waals surface area contributed by atoms with Crippen LogP contribution in [0.2, 0.25) is 0 Å². The normalized spacial score (nSPS) is 13.6. The molecule has 1 aliphatic heterocycles. The van der Waals surface area contributed by atoms with E-state index in [1.165, 1.54) is 0 Å². The molecule has 4 rings (SSSR count). The van der Waals surface area contributed by atoms with Crippen LogP contribution in [0.15, 0.2) is 60.7 Å². The molecule has 0 amide bonds. The minimum atomic E-state index is -0.899. The van der Waals surface area contributed by atoms with Gasteiger partial charge >= 0.3 is 0 Å². The van der Waals surface area contributed by atoms with Crippen molar-refractivity contribution >= 4 is 17.7 Å². The van der Waals surface area contributed by atoms with E-state index >= 15 is 0 Å². The van der Waals surface area contributed by atoms with Crippen molar-refractivity contribution in [2.45, 2.75) is 33.2 Å². The zero-order chi connectivity index (χ0) is 25.2. The zero-order valence-corrected chi connectivity index (χ0v) is 21.4. The van der Waals surface area contributed by atoms with Gasteiger partial charge in [-0.25, -0.2) is 5.01 Å². The lowest BCUT2D eigenvalue weighted by molar-refractivity contribution is 0.111. The maximum absolute atomic E-state index is 12.2. The lowest BCUT2D eigenvalue weighted by atomic mass is 9.73. The fraction of sp³-hybridized carbons (Fsp3) is 0.345. The topological polar surface area (TPSA) is 62.0 Å². The Morgan fingerprint density at radius 2 is 1.26 bits per heavy atom. The molecule has 1 heterocycles. The summed E-state index contributed by atoms with van der Waals surface area (Å²) >= 11 is 0. The van der Waals surface area contributed by atoms with Gasteiger partial charge in [-0.3, -0.25) is 10.6 Å². The number of rotatable bonds is 9. The molecule has 0 unspecified atom stereocenters. The Balaban J connectivity index is 2.06. The van der Waals surface area contributed by atoms with Gasteiger partial charge in [0.1, 0.15) is 23.3 Å². The number of nitrogens with two attached hydrogens (primary N) is 1. The second-order valence-electron chi connectivity index (χ2n) is 8.83. The van der Waals surface area contributed by atoms with Gasteiger partial charge in [-0.15, -0.1) is 0 Å². The van der Waals surface area contributed by atoms with Gasteiger partial charge in [-0.1, -0.05) is 36.4 Å². The van der Waals surface area contributed by atoms with E-state index in [2.05, 4.69) is 73.9 Å². The molecular formula is C29H36N4O2. The first-order valence-electron chi connectivity index (χ1n) is 12.5. The standard InChI is InChI=1S/C29H36N4O2/c1-6-32(7-2)22-14-16-25-27(18-22)35-28-19-23(33(8-3)9-4)15-17-26(28)29(25,31(5)30)24-13-11-10-12-21(24)20-34/h10-20H,6-9,30H2,1-5H3. The predicted octanol–water partition coefficient (Wildman–Crippen LogP) is 5.39. The number of nitrogens with zero attached hydrogens (tertiary/aromatic N) is 3. The molecule has 6 nitrogen and oxygen atoms in total. The van der Waals surface area contributed by atoms with E-state index in [0.29, 0.717) is 5.56 Å². The second kappa shape index (κ2) is 10.1. The van der Waals surface area contributed by atoms with E-state index in [0.717, 1.165) is 72.0 Å². The van der Waals surface area contributed by atoms with Gasteiger partial charge in [0.15, 0.2) is 0 Å². The second-order valence-corrected chi connectivity index (χ2v) is 8.83. The number of aldehydes is 1. The Morgan fingerprint density at radius 1 is 0.771 bits per heavy atom. The molecule has 2 N–H and O–H groups in total. The van der Waals surface area contributed by atoms with Crippen LogP contribution in [-0.2, 0) is 5.54 Å². The van der Waals surface area contributed by atoms with Crippen LogP contribution in [-0.4, -0.2) is 44.5 Å². The van der Waals surface area contributed by atoms with E-state index in [9.17, 15) is 4.79 Å². The molecule has 6 heteroatoms. The van der Waals surface area contributed by atoms with Crippen LogP contribution in [0.4, 0.5) is 11.4 Å². The number of carbonyl (C=O) groups excluding carboxylic acids is 1. The minimum Gasteiger partial charge on any atom is -0.456 e. The van der Waals surface area contributed by atoms with Crippen LogP contribution < -0.4 is 20.4 Å². The Hall–Kier alpha value is -3.35. The molecular weight excluding hydrogens is 436 g/mol. The van der Waals surface area contributed by atoms with Crippen LogP contribution in [0.1, 0.15) is 54.7 Å². The maximum atomic E-state index is 12.2. The number of hydrazine groups is 1. The van der Waals surface area contributed by atoms with Crippen molar-refractivity contribution in [3.8, 4) is 11.5 Å². The summed E-state index contributed by atoms with van der Waals surface area (Å²) in [6.07, 6.45) is 0.907. The monoisotopic (exact) mass is 472 g/mol. The first-order chi connectivity index (χ1) is 17.0. The van der Waals surface area contributed by atoms with Crippen LogP contribution >= 0.6 is 0 Å². The summed E-state index contributed by atoms with van der Waals surface area (Å²) in [5.74, 6) is 8.22. The Kier molecular flexibility index (Phi) is 7.15. The summed E-state index contributed by atoms with van der Waals surface area (Å²) in [6, 6.07) is 20.3. The fourth-order valence-electron chi connectivity index (χ4n) is 5.41. The summed E-state index contributed by atoms with van der Waals surface area (Å²) in [6.45, 7) is 12.2. The summed E-state index contributed by atoms with van der Waals surface area (Å²) in [4.78, 5) is 16.8. The average molecular weight is 473 g/mol. The fourth-order valence-corrected chi connectivity index (χ4v) is 5.41. The van der Waals surface area contributed by atoms with Crippen molar-refractivity contribution in [3.63, 3.8) is 0 Å². The molecule has 0 saturated heterocycles. The van der Waals surface area contributed by atoms with Crippen molar-refractivity contribution in [1.82, 2.24) is 5.01 Å². The van der Waals surface area contributed by atoms with Crippen LogP contribution in [0, 0.1) is 0 Å². The number of anilines is 2. The van der Waals surface area contributed by atoms with Gasteiger partial charge in [0.05, 0.1) is 0 Å². The highest BCUT2D eigenvalue weighted by Crippen LogP contribution is 2.54. The van der Waals surface area contributed by atoms with Gasteiger partial charge in [0.2, 0.25) is 0 Å². The third-order valence-corrected chi connectivity index (χ3v) is 7.19. The summed E-state index contributed by atoms with van der Waals surface area (Å²) in [7, 11) is 1.86. The molecule has 0 bridgehead atoms. The predicted molar refractivity (Wildman–Crippen MR) is 144 cm³/mol. The molecule has 0 fully saturated rings. The first-order valence-corrected chi connectivity index (χ1v) is 12.5. The number of carbonyl (C=O) groups is 1. The molecule has 0 aromatic heterocycles. The van der Waals surface area contributed by atoms with Crippen LogP contribution in [0.3, 0.4) is 0 Å². The van der Waals surface area contributed by atoms with Gasteiger partial charge in [0.25, 0.3) is 0 Å².